The summed E-state index contributed by atoms with van der Waals surface area (Å²) in [6, 6.07) is 58.2. The minimum absolute atomic E-state index is 0.651. The van der Waals surface area contributed by atoms with Crippen molar-refractivity contribution in [3.8, 4) is 23.1 Å². The van der Waals surface area contributed by atoms with Crippen molar-refractivity contribution in [2.24, 2.45) is 0 Å². The third kappa shape index (κ3) is 3.57. The third-order valence-corrected chi connectivity index (χ3v) is 9.64. The first-order valence-corrected chi connectivity index (χ1v) is 15.8. The molecule has 0 unspecified atom stereocenters. The van der Waals surface area contributed by atoms with Gasteiger partial charge in [0.05, 0.1) is 44.7 Å². The lowest BCUT2D eigenvalue weighted by Gasteiger charge is -2.12. The van der Waals surface area contributed by atoms with E-state index in [9.17, 15) is 5.26 Å². The quantitative estimate of drug-likeness (QED) is 0.199. The number of fused-ring (bicyclic) bond motifs is 10. The highest BCUT2D eigenvalue weighted by Crippen LogP contribution is 2.43. The summed E-state index contributed by atoms with van der Waals surface area (Å²) in [7, 11) is 0. The monoisotopic (exact) mass is 598 g/mol. The lowest BCUT2D eigenvalue weighted by atomic mass is 10.1. The molecule has 218 valence electrons. The Morgan fingerprint density at radius 2 is 0.894 bits per heavy atom. The summed E-state index contributed by atoms with van der Waals surface area (Å²) in [5.41, 5.74) is 10.8. The molecule has 0 N–H and O–H groups in total. The molecule has 3 heterocycles. The summed E-state index contributed by atoms with van der Waals surface area (Å²) >= 11 is 0. The maximum Gasteiger partial charge on any atom is 0.0991 e. The van der Waals surface area contributed by atoms with Gasteiger partial charge in [-0.05, 0) is 72.8 Å². The van der Waals surface area contributed by atoms with Crippen LogP contribution in [0, 0.1) is 11.3 Å². The van der Waals surface area contributed by atoms with Crippen LogP contribution in [0.2, 0.25) is 0 Å². The van der Waals surface area contributed by atoms with E-state index in [1.165, 1.54) is 27.1 Å². The van der Waals surface area contributed by atoms with Crippen molar-refractivity contribution in [1.29, 1.82) is 5.26 Å². The van der Waals surface area contributed by atoms with Gasteiger partial charge in [-0.25, -0.2) is 0 Å². The van der Waals surface area contributed by atoms with Crippen molar-refractivity contribution in [2.75, 3.05) is 0 Å². The molecule has 47 heavy (non-hydrogen) atoms. The SMILES string of the molecule is N#Cc1ccc2c(c1)c1c(ccc3c4ccccc4n(-c4ccc5c6ccccc6n(-c6ccccc6)c5c4)c31)n2-c1ccccc1. The average Bonchev–Trinajstić information content (AvgIpc) is 3.77. The maximum atomic E-state index is 9.97. The van der Waals surface area contributed by atoms with Gasteiger partial charge in [-0.1, -0.05) is 84.9 Å². The number of para-hydroxylation sites is 4. The molecule has 0 fully saturated rings. The zero-order valence-electron chi connectivity index (χ0n) is 25.3. The van der Waals surface area contributed by atoms with Gasteiger partial charge in [-0.15, -0.1) is 0 Å². The Labute approximate surface area is 270 Å². The Kier molecular flexibility index (Phi) is 5.32. The van der Waals surface area contributed by atoms with E-state index in [-0.39, 0.29) is 0 Å². The standard InChI is InChI=1S/C43H26N4/c44-27-28-19-23-39-36(25-28)42-40(45(39)29-11-3-1-4-12-29)24-22-35-33-16-8-10-18-38(33)47(43(35)42)31-20-21-34-32-15-7-9-17-37(32)46(41(34)26-31)30-13-5-2-6-14-30/h1-26H. The van der Waals surface area contributed by atoms with Crippen molar-refractivity contribution in [3.63, 3.8) is 0 Å². The van der Waals surface area contributed by atoms with E-state index < -0.39 is 0 Å². The van der Waals surface area contributed by atoms with E-state index in [0.29, 0.717) is 5.56 Å². The van der Waals surface area contributed by atoms with E-state index in [1.807, 2.05) is 12.1 Å². The highest BCUT2D eigenvalue weighted by molar-refractivity contribution is 6.26. The molecule has 0 amide bonds. The van der Waals surface area contributed by atoms with Gasteiger partial charge in [-0.3, -0.25) is 0 Å². The van der Waals surface area contributed by atoms with Gasteiger partial charge in [0.2, 0.25) is 0 Å². The number of rotatable bonds is 3. The fourth-order valence-electron chi connectivity index (χ4n) is 7.71. The fraction of sp³-hybridized carbons (Fsp3) is 0. The van der Waals surface area contributed by atoms with Gasteiger partial charge in [0.1, 0.15) is 0 Å². The Hall–Kier alpha value is -6.57. The molecule has 4 heteroatoms. The molecule has 0 aliphatic carbocycles. The van der Waals surface area contributed by atoms with Crippen molar-refractivity contribution in [2.45, 2.75) is 0 Å². The van der Waals surface area contributed by atoms with Crippen LogP contribution in [0.3, 0.4) is 0 Å². The van der Waals surface area contributed by atoms with Crippen LogP contribution in [0.4, 0.5) is 0 Å². The maximum absolute atomic E-state index is 9.97. The number of nitriles is 1. The van der Waals surface area contributed by atoms with Gasteiger partial charge < -0.3 is 13.7 Å². The number of hydrogen-bond donors (Lipinski definition) is 0. The van der Waals surface area contributed by atoms with Crippen molar-refractivity contribution < 1.29 is 0 Å². The van der Waals surface area contributed by atoms with E-state index in [0.717, 1.165) is 55.4 Å². The lowest BCUT2D eigenvalue weighted by molar-refractivity contribution is 1.16. The smallest absolute Gasteiger partial charge is 0.0991 e. The van der Waals surface area contributed by atoms with E-state index in [2.05, 4.69) is 165 Å². The summed E-state index contributed by atoms with van der Waals surface area (Å²) < 4.78 is 7.12. The van der Waals surface area contributed by atoms with Crippen molar-refractivity contribution >= 4 is 65.4 Å². The zero-order valence-corrected chi connectivity index (χ0v) is 25.3. The van der Waals surface area contributed by atoms with Gasteiger partial charge in [0.25, 0.3) is 0 Å². The van der Waals surface area contributed by atoms with E-state index >= 15 is 0 Å². The van der Waals surface area contributed by atoms with Crippen LogP contribution in [0.15, 0.2) is 158 Å². The average molecular weight is 599 g/mol. The number of hydrogen-bond acceptors (Lipinski definition) is 1. The molecule has 0 aliphatic heterocycles. The van der Waals surface area contributed by atoms with Gasteiger partial charge in [0, 0.05) is 49.4 Å². The molecule has 0 spiro atoms. The molecular formula is C43H26N4. The first-order valence-electron chi connectivity index (χ1n) is 15.8. The Morgan fingerprint density at radius 1 is 0.362 bits per heavy atom. The van der Waals surface area contributed by atoms with Crippen LogP contribution in [-0.4, -0.2) is 13.7 Å². The zero-order chi connectivity index (χ0) is 31.1. The molecule has 3 aromatic heterocycles. The predicted octanol–water partition coefficient (Wildman–Crippen LogP) is 10.8. The summed E-state index contributed by atoms with van der Waals surface area (Å²) in [5.74, 6) is 0. The highest BCUT2D eigenvalue weighted by Gasteiger charge is 2.22. The third-order valence-electron chi connectivity index (χ3n) is 9.64. The molecule has 0 saturated carbocycles. The van der Waals surface area contributed by atoms with Crippen LogP contribution in [0.5, 0.6) is 0 Å². The normalized spacial score (nSPS) is 11.8. The summed E-state index contributed by atoms with van der Waals surface area (Å²) in [6.45, 7) is 0. The summed E-state index contributed by atoms with van der Waals surface area (Å²) in [4.78, 5) is 0. The van der Waals surface area contributed by atoms with E-state index in [1.54, 1.807) is 0 Å². The molecule has 0 bridgehead atoms. The molecule has 0 radical (unpaired) electrons. The molecule has 0 aliphatic rings. The minimum Gasteiger partial charge on any atom is -0.309 e. The fourth-order valence-corrected chi connectivity index (χ4v) is 7.71. The van der Waals surface area contributed by atoms with Crippen LogP contribution in [-0.2, 0) is 0 Å². The van der Waals surface area contributed by atoms with Crippen molar-refractivity contribution in [1.82, 2.24) is 13.7 Å². The molecule has 0 atom stereocenters. The van der Waals surface area contributed by atoms with Crippen LogP contribution in [0.1, 0.15) is 5.56 Å². The second kappa shape index (κ2) is 9.71. The van der Waals surface area contributed by atoms with Gasteiger partial charge in [0.15, 0.2) is 0 Å². The lowest BCUT2D eigenvalue weighted by Crippen LogP contribution is -1.97. The highest BCUT2D eigenvalue weighted by atomic mass is 15.0. The molecular weight excluding hydrogens is 573 g/mol. The van der Waals surface area contributed by atoms with Gasteiger partial charge in [-0.2, -0.15) is 5.26 Å². The van der Waals surface area contributed by atoms with Crippen LogP contribution >= 0.6 is 0 Å². The molecule has 0 saturated heterocycles. The van der Waals surface area contributed by atoms with E-state index in [4.69, 9.17) is 0 Å². The number of aromatic nitrogens is 3. The largest absolute Gasteiger partial charge is 0.309 e. The topological polar surface area (TPSA) is 38.6 Å². The first kappa shape index (κ1) is 25.7. The summed E-state index contributed by atoms with van der Waals surface area (Å²) in [5, 5.41) is 17.0. The van der Waals surface area contributed by atoms with Crippen LogP contribution < -0.4 is 0 Å². The summed E-state index contributed by atoms with van der Waals surface area (Å²) in [6.07, 6.45) is 0. The number of nitrogens with zero attached hydrogens (tertiary/aromatic N) is 4. The molecule has 7 aromatic carbocycles. The van der Waals surface area contributed by atoms with Gasteiger partial charge >= 0.3 is 0 Å². The second-order valence-corrected chi connectivity index (χ2v) is 12.1. The van der Waals surface area contributed by atoms with Crippen LogP contribution in [0.25, 0.3) is 82.5 Å². The second-order valence-electron chi connectivity index (χ2n) is 12.1. The Bertz CT molecular complexity index is 2900. The molecule has 10 aromatic rings. The first-order chi connectivity index (χ1) is 23.3. The Morgan fingerprint density at radius 3 is 1.60 bits per heavy atom. The Balaban J connectivity index is 1.39. The molecule has 4 nitrogen and oxygen atoms in total. The molecule has 10 rings (SSSR count). The number of benzene rings is 7. The minimum atomic E-state index is 0.651. The predicted molar refractivity (Wildman–Crippen MR) is 194 cm³/mol. The van der Waals surface area contributed by atoms with Crippen molar-refractivity contribution in [3.05, 3.63) is 163 Å².